The van der Waals surface area contributed by atoms with E-state index in [2.05, 4.69) is 6.92 Å². The zero-order chi connectivity index (χ0) is 16.1. The molecule has 1 aliphatic carbocycles. The molecule has 0 saturated carbocycles. The van der Waals surface area contributed by atoms with Crippen molar-refractivity contribution >= 4 is 5.78 Å². The van der Waals surface area contributed by atoms with Gasteiger partial charge in [0.1, 0.15) is 18.0 Å². The van der Waals surface area contributed by atoms with Crippen molar-refractivity contribution in [3.8, 4) is 0 Å². The largest absolute Gasteiger partial charge is 0.489 e. The van der Waals surface area contributed by atoms with Gasteiger partial charge in [0.2, 0.25) is 0 Å². The lowest BCUT2D eigenvalue weighted by molar-refractivity contribution is -0.124. The van der Waals surface area contributed by atoms with Crippen LogP contribution in [0.15, 0.2) is 11.3 Å². The highest BCUT2D eigenvalue weighted by Crippen LogP contribution is 2.36. The summed E-state index contributed by atoms with van der Waals surface area (Å²) in [6.45, 7) is 2.15. The molecule has 4 atom stereocenters. The Kier molecular flexibility index (Phi) is 6.41. The molecule has 0 aromatic rings. The number of hydrogen-bond acceptors (Lipinski definition) is 5. The summed E-state index contributed by atoms with van der Waals surface area (Å²) in [5, 5.41) is 20.5. The van der Waals surface area contributed by atoms with E-state index in [1.54, 1.807) is 7.11 Å². The molecule has 126 valence electrons. The molecule has 22 heavy (non-hydrogen) atoms. The molecule has 0 bridgehead atoms. The van der Waals surface area contributed by atoms with E-state index in [1.165, 1.54) is 6.42 Å². The van der Waals surface area contributed by atoms with Gasteiger partial charge in [-0.2, -0.15) is 0 Å². The number of unbranched alkanes of at least 4 members (excludes halogenated alkanes) is 3. The van der Waals surface area contributed by atoms with Gasteiger partial charge in [-0.1, -0.05) is 32.6 Å². The van der Waals surface area contributed by atoms with Gasteiger partial charge in [-0.05, 0) is 12.8 Å². The predicted octanol–water partition coefficient (Wildman–Crippen LogP) is 2.10. The Hall–Kier alpha value is -0.910. The predicted molar refractivity (Wildman–Crippen MR) is 82.3 cm³/mol. The molecule has 0 radical (unpaired) electrons. The van der Waals surface area contributed by atoms with Crippen molar-refractivity contribution in [1.82, 2.24) is 0 Å². The summed E-state index contributed by atoms with van der Waals surface area (Å²) >= 11 is 0. The number of rotatable bonds is 7. The van der Waals surface area contributed by atoms with E-state index in [4.69, 9.17) is 9.47 Å². The van der Waals surface area contributed by atoms with E-state index in [-0.39, 0.29) is 11.9 Å². The number of carbonyl (C=O) groups excluding carboxylic acids is 1. The number of hydrogen-bond donors (Lipinski definition) is 2. The monoisotopic (exact) mass is 312 g/mol. The average Bonchev–Trinajstić information content (AvgIpc) is 2.53. The van der Waals surface area contributed by atoms with Crippen LogP contribution in [0.1, 0.15) is 58.3 Å². The van der Waals surface area contributed by atoms with Crippen LogP contribution in [-0.4, -0.2) is 47.5 Å². The quantitative estimate of drug-likeness (QED) is 0.704. The number of carbonyl (C=O) groups is 1. The minimum absolute atomic E-state index is 0.0111. The highest BCUT2D eigenvalue weighted by molar-refractivity contribution is 5.98. The van der Waals surface area contributed by atoms with Gasteiger partial charge >= 0.3 is 0 Å². The van der Waals surface area contributed by atoms with Crippen molar-refractivity contribution in [2.24, 2.45) is 0 Å². The van der Waals surface area contributed by atoms with Crippen molar-refractivity contribution in [2.45, 2.75) is 82.7 Å². The van der Waals surface area contributed by atoms with Gasteiger partial charge in [-0.25, -0.2) is 0 Å². The Bertz CT molecular complexity index is 417. The fourth-order valence-corrected chi connectivity index (χ4v) is 3.29. The summed E-state index contributed by atoms with van der Waals surface area (Å²) in [7, 11) is 1.56. The topological polar surface area (TPSA) is 76.0 Å². The Morgan fingerprint density at radius 2 is 2.14 bits per heavy atom. The molecule has 0 unspecified atom stereocenters. The summed E-state index contributed by atoms with van der Waals surface area (Å²) in [5.41, 5.74) is 0.468. The van der Waals surface area contributed by atoms with Gasteiger partial charge in [0.15, 0.2) is 5.78 Å². The maximum Gasteiger partial charge on any atom is 0.165 e. The Morgan fingerprint density at radius 1 is 1.36 bits per heavy atom. The van der Waals surface area contributed by atoms with Gasteiger partial charge in [-0.3, -0.25) is 4.79 Å². The minimum atomic E-state index is -0.763. The molecule has 0 aromatic heterocycles. The third kappa shape index (κ3) is 3.89. The SMILES string of the molecule is CCCCCC[C@H](O)[C@@H]1C[C@@H](OC)C2=C(O1)[C@@H](O)CCC2=O. The Morgan fingerprint density at radius 3 is 2.82 bits per heavy atom. The second kappa shape index (κ2) is 8.09. The Labute approximate surface area is 132 Å². The maximum atomic E-state index is 12.1. The van der Waals surface area contributed by atoms with Gasteiger partial charge in [0.05, 0.1) is 17.8 Å². The standard InChI is InChI=1S/C17H28O5/c1-3-4-5-6-7-11(18)14-10-15(21-2)16-12(19)8-9-13(20)17(16)22-14/h11,13-15,18,20H,3-10H2,1-2H3/t11-,13-,14-,15+/m0/s1. The third-order valence-corrected chi connectivity index (χ3v) is 4.63. The molecular formula is C17H28O5. The zero-order valence-electron chi connectivity index (χ0n) is 13.6. The van der Waals surface area contributed by atoms with E-state index >= 15 is 0 Å². The first-order valence-electron chi connectivity index (χ1n) is 8.41. The molecule has 2 rings (SSSR count). The highest BCUT2D eigenvalue weighted by atomic mass is 16.5. The lowest BCUT2D eigenvalue weighted by Gasteiger charge is -2.38. The van der Waals surface area contributed by atoms with Crippen molar-refractivity contribution < 1.29 is 24.5 Å². The van der Waals surface area contributed by atoms with Crippen LogP contribution in [0, 0.1) is 0 Å². The zero-order valence-corrected chi connectivity index (χ0v) is 13.6. The fourth-order valence-electron chi connectivity index (χ4n) is 3.29. The highest BCUT2D eigenvalue weighted by Gasteiger charge is 2.41. The Balaban J connectivity index is 2.03. The van der Waals surface area contributed by atoms with Crippen LogP contribution in [0.4, 0.5) is 0 Å². The number of aliphatic hydroxyl groups is 2. The molecule has 0 fully saturated rings. The van der Waals surface area contributed by atoms with E-state index in [0.29, 0.717) is 37.0 Å². The molecule has 5 heteroatoms. The molecule has 0 spiro atoms. The van der Waals surface area contributed by atoms with Crippen LogP contribution in [0.3, 0.4) is 0 Å². The molecule has 1 heterocycles. The first-order valence-corrected chi connectivity index (χ1v) is 8.41. The van der Waals surface area contributed by atoms with Gasteiger partial charge in [0, 0.05) is 20.0 Å². The second-order valence-corrected chi connectivity index (χ2v) is 6.29. The maximum absolute atomic E-state index is 12.1. The van der Waals surface area contributed by atoms with Crippen molar-refractivity contribution in [3.05, 3.63) is 11.3 Å². The van der Waals surface area contributed by atoms with E-state index < -0.39 is 18.3 Å². The average molecular weight is 312 g/mol. The molecular weight excluding hydrogens is 284 g/mol. The lowest BCUT2D eigenvalue weighted by atomic mass is 9.85. The van der Waals surface area contributed by atoms with Gasteiger partial charge < -0.3 is 19.7 Å². The number of ketones is 1. The molecule has 1 aliphatic heterocycles. The minimum Gasteiger partial charge on any atom is -0.489 e. The summed E-state index contributed by atoms with van der Waals surface area (Å²) in [6, 6.07) is 0. The number of Topliss-reactive ketones (excluding diaryl/α,β-unsaturated/α-hetero) is 1. The summed E-state index contributed by atoms with van der Waals surface area (Å²) in [5.74, 6) is 0.315. The van der Waals surface area contributed by atoms with Crippen molar-refractivity contribution in [2.75, 3.05) is 7.11 Å². The van der Waals surface area contributed by atoms with E-state index in [9.17, 15) is 15.0 Å². The molecule has 0 saturated heterocycles. The van der Waals surface area contributed by atoms with Gasteiger partial charge in [-0.15, -0.1) is 0 Å². The number of ether oxygens (including phenoxy) is 2. The molecule has 2 N–H and O–H groups in total. The first kappa shape index (κ1) is 17.4. The van der Waals surface area contributed by atoms with Crippen LogP contribution in [-0.2, 0) is 14.3 Å². The molecule has 5 nitrogen and oxygen atoms in total. The van der Waals surface area contributed by atoms with Gasteiger partial charge in [0.25, 0.3) is 0 Å². The van der Waals surface area contributed by atoms with Crippen molar-refractivity contribution in [1.29, 1.82) is 0 Å². The van der Waals surface area contributed by atoms with Crippen LogP contribution in [0.25, 0.3) is 0 Å². The molecule has 0 amide bonds. The van der Waals surface area contributed by atoms with Crippen LogP contribution in [0.5, 0.6) is 0 Å². The van der Waals surface area contributed by atoms with E-state index in [0.717, 1.165) is 19.3 Å². The third-order valence-electron chi connectivity index (χ3n) is 4.63. The molecule has 0 aromatic carbocycles. The summed E-state index contributed by atoms with van der Waals surface area (Å²) in [4.78, 5) is 12.1. The second-order valence-electron chi connectivity index (χ2n) is 6.29. The van der Waals surface area contributed by atoms with Crippen LogP contribution in [0.2, 0.25) is 0 Å². The first-order chi connectivity index (χ1) is 10.6. The van der Waals surface area contributed by atoms with Crippen LogP contribution >= 0.6 is 0 Å². The van der Waals surface area contributed by atoms with E-state index in [1.807, 2.05) is 0 Å². The van der Waals surface area contributed by atoms with Crippen molar-refractivity contribution in [3.63, 3.8) is 0 Å². The summed E-state index contributed by atoms with van der Waals surface area (Å²) in [6.07, 6.45) is 4.08. The lowest BCUT2D eigenvalue weighted by Crippen LogP contribution is -2.44. The molecule has 2 aliphatic rings. The normalized spacial score (nSPS) is 30.0. The smallest absolute Gasteiger partial charge is 0.165 e. The fraction of sp³-hybridized carbons (Fsp3) is 0.824. The summed E-state index contributed by atoms with van der Waals surface area (Å²) < 4.78 is 11.2. The number of methoxy groups -OCH3 is 1. The number of aliphatic hydroxyl groups excluding tert-OH is 2. The van der Waals surface area contributed by atoms with Crippen LogP contribution < -0.4 is 0 Å².